The van der Waals surface area contributed by atoms with E-state index in [1.165, 1.54) is 6.07 Å². The van der Waals surface area contributed by atoms with E-state index in [1.807, 2.05) is 0 Å². The number of hydrogen-bond acceptors (Lipinski definition) is 2. The number of benzene rings is 1. The molecule has 0 fully saturated rings. The van der Waals surface area contributed by atoms with Crippen molar-refractivity contribution in [2.24, 2.45) is 5.73 Å². The predicted molar refractivity (Wildman–Crippen MR) is 60.5 cm³/mol. The molecular weight excluding hydrogens is 301 g/mol. The monoisotopic (exact) mass is 307 g/mol. The summed E-state index contributed by atoms with van der Waals surface area (Å²) in [6, 6.07) is 0.649. The minimum atomic E-state index is -4.85. The van der Waals surface area contributed by atoms with Gasteiger partial charge in [0.05, 0.1) is 16.1 Å². The Morgan fingerprint density at radius 1 is 1.18 bits per heavy atom. The summed E-state index contributed by atoms with van der Waals surface area (Å²) in [6.45, 7) is 0. The van der Waals surface area contributed by atoms with Gasteiger partial charge in [-0.05, 0) is 17.7 Å². The van der Waals surface area contributed by atoms with E-state index in [9.17, 15) is 13.2 Å². The van der Waals surface area contributed by atoms with Crippen LogP contribution in [-0.4, -0.2) is 17.4 Å². The third kappa shape index (κ3) is 3.39. The molecule has 3 N–H and O–H groups in total. The Bertz CT molecular complexity index is 425. The van der Waals surface area contributed by atoms with Gasteiger partial charge in [0.2, 0.25) is 0 Å². The van der Waals surface area contributed by atoms with Crippen molar-refractivity contribution in [2.75, 3.05) is 0 Å². The molecule has 8 heteroatoms. The molecule has 0 unspecified atom stereocenters. The molecule has 0 radical (unpaired) electrons. The first-order valence-corrected chi connectivity index (χ1v) is 5.42. The highest BCUT2D eigenvalue weighted by atomic mass is 35.5. The van der Waals surface area contributed by atoms with Gasteiger partial charge in [-0.3, -0.25) is 0 Å². The molecule has 2 atom stereocenters. The van der Waals surface area contributed by atoms with Crippen LogP contribution < -0.4 is 5.73 Å². The molecule has 1 rings (SSSR count). The fourth-order valence-corrected chi connectivity index (χ4v) is 1.94. The summed E-state index contributed by atoms with van der Waals surface area (Å²) in [6.07, 6.45) is -7.59. The van der Waals surface area contributed by atoms with Gasteiger partial charge in [0.15, 0.2) is 6.10 Å². The second-order valence-corrected chi connectivity index (χ2v) is 4.52. The van der Waals surface area contributed by atoms with Crippen molar-refractivity contribution in [3.63, 3.8) is 0 Å². The Balaban J connectivity index is 3.17. The van der Waals surface area contributed by atoms with Crippen LogP contribution in [0.3, 0.4) is 0 Å². The van der Waals surface area contributed by atoms with Crippen LogP contribution in [0.5, 0.6) is 0 Å². The van der Waals surface area contributed by atoms with Crippen LogP contribution in [0, 0.1) is 0 Å². The van der Waals surface area contributed by atoms with Gasteiger partial charge in [0.25, 0.3) is 0 Å². The molecule has 0 aromatic heterocycles. The number of nitrogens with two attached hydrogens (primary N) is 1. The van der Waals surface area contributed by atoms with Crippen molar-refractivity contribution in [1.29, 1.82) is 0 Å². The first kappa shape index (κ1) is 14.9. The Morgan fingerprint density at radius 2 is 1.71 bits per heavy atom. The lowest BCUT2D eigenvalue weighted by atomic mass is 10.0. The number of alkyl halides is 3. The van der Waals surface area contributed by atoms with Gasteiger partial charge in [-0.25, -0.2) is 0 Å². The summed E-state index contributed by atoms with van der Waals surface area (Å²) in [5.41, 5.74) is 5.13. The van der Waals surface area contributed by atoms with Gasteiger partial charge < -0.3 is 10.8 Å². The molecule has 17 heavy (non-hydrogen) atoms. The topological polar surface area (TPSA) is 46.2 Å². The predicted octanol–water partition coefficient (Wildman–Crippen LogP) is 3.57. The zero-order chi connectivity index (χ0) is 13.4. The fraction of sp³-hybridized carbons (Fsp3) is 0.333. The van der Waals surface area contributed by atoms with Crippen LogP contribution >= 0.6 is 34.8 Å². The highest BCUT2D eigenvalue weighted by Gasteiger charge is 2.43. The summed E-state index contributed by atoms with van der Waals surface area (Å²) in [5.74, 6) is 0. The van der Waals surface area contributed by atoms with E-state index >= 15 is 0 Å². The van der Waals surface area contributed by atoms with Gasteiger partial charge in [0.1, 0.15) is 0 Å². The van der Waals surface area contributed by atoms with E-state index < -0.39 is 18.3 Å². The summed E-state index contributed by atoms with van der Waals surface area (Å²) >= 11 is 17.0. The number of rotatable bonds is 2. The smallest absolute Gasteiger partial charge is 0.382 e. The lowest BCUT2D eigenvalue weighted by Crippen LogP contribution is -2.39. The standard InChI is InChI=1S/C9H7Cl3F3NO/c10-3-1-4(6(12)5(11)2-3)7(16)8(17)9(13,14)15/h1-2,7-8,17H,16H2/t7-,8-/m1/s1. The maximum atomic E-state index is 12.3. The van der Waals surface area contributed by atoms with E-state index in [2.05, 4.69) is 0 Å². The van der Waals surface area contributed by atoms with Crippen LogP contribution in [0.1, 0.15) is 11.6 Å². The van der Waals surface area contributed by atoms with Crippen molar-refractivity contribution in [1.82, 2.24) is 0 Å². The van der Waals surface area contributed by atoms with Gasteiger partial charge in [-0.1, -0.05) is 34.8 Å². The SMILES string of the molecule is N[C@H](c1cc(Cl)cc(Cl)c1Cl)[C@@H](O)C(F)(F)F. The molecule has 0 aliphatic heterocycles. The summed E-state index contributed by atoms with van der Waals surface area (Å²) in [4.78, 5) is 0. The largest absolute Gasteiger partial charge is 0.416 e. The minimum Gasteiger partial charge on any atom is -0.382 e. The number of halogens is 6. The molecule has 1 aromatic rings. The van der Waals surface area contributed by atoms with E-state index in [0.29, 0.717) is 0 Å². The molecule has 0 amide bonds. The van der Waals surface area contributed by atoms with Crippen molar-refractivity contribution in [3.8, 4) is 0 Å². The maximum Gasteiger partial charge on any atom is 0.416 e. The van der Waals surface area contributed by atoms with Crippen molar-refractivity contribution in [2.45, 2.75) is 18.3 Å². The third-order valence-corrected chi connectivity index (χ3v) is 3.09. The highest BCUT2D eigenvalue weighted by molar-refractivity contribution is 6.43. The van der Waals surface area contributed by atoms with Crippen LogP contribution in [-0.2, 0) is 0 Å². The molecule has 0 aliphatic carbocycles. The summed E-state index contributed by atoms with van der Waals surface area (Å²) in [5, 5.41) is 8.91. The van der Waals surface area contributed by atoms with Crippen molar-refractivity contribution < 1.29 is 18.3 Å². The fourth-order valence-electron chi connectivity index (χ4n) is 1.19. The Labute approximate surface area is 110 Å². The van der Waals surface area contributed by atoms with Crippen molar-refractivity contribution in [3.05, 3.63) is 32.8 Å². The molecule has 0 bridgehead atoms. The lowest BCUT2D eigenvalue weighted by Gasteiger charge is -2.22. The second-order valence-electron chi connectivity index (χ2n) is 3.30. The molecular formula is C9H7Cl3F3NO. The summed E-state index contributed by atoms with van der Waals surface area (Å²) in [7, 11) is 0. The average Bonchev–Trinajstić information content (AvgIpc) is 2.20. The average molecular weight is 309 g/mol. The van der Waals surface area contributed by atoms with Gasteiger partial charge in [0, 0.05) is 5.02 Å². The van der Waals surface area contributed by atoms with Gasteiger partial charge in [-0.2, -0.15) is 13.2 Å². The Kier molecular flexibility index (Phi) is 4.54. The van der Waals surface area contributed by atoms with E-state index in [0.717, 1.165) is 6.07 Å². The molecule has 0 spiro atoms. The zero-order valence-electron chi connectivity index (χ0n) is 8.10. The second kappa shape index (κ2) is 5.20. The van der Waals surface area contributed by atoms with Crippen LogP contribution in [0.25, 0.3) is 0 Å². The molecule has 1 aromatic carbocycles. The third-order valence-electron chi connectivity index (χ3n) is 2.06. The van der Waals surface area contributed by atoms with Crippen LogP contribution in [0.15, 0.2) is 12.1 Å². The van der Waals surface area contributed by atoms with Crippen molar-refractivity contribution >= 4 is 34.8 Å². The minimum absolute atomic E-state index is 0.0287. The first-order valence-electron chi connectivity index (χ1n) is 4.29. The quantitative estimate of drug-likeness (QED) is 0.821. The number of aliphatic hydroxyl groups excluding tert-OH is 1. The highest BCUT2D eigenvalue weighted by Crippen LogP contribution is 2.36. The van der Waals surface area contributed by atoms with Gasteiger partial charge in [-0.15, -0.1) is 0 Å². The first-order chi connectivity index (χ1) is 7.64. The number of hydrogen-bond donors (Lipinski definition) is 2. The Hall–Kier alpha value is -0.200. The summed E-state index contributed by atoms with van der Waals surface area (Å²) < 4.78 is 36.8. The molecule has 0 aliphatic rings. The van der Waals surface area contributed by atoms with E-state index in [4.69, 9.17) is 45.6 Å². The number of aliphatic hydroxyl groups is 1. The lowest BCUT2D eigenvalue weighted by molar-refractivity contribution is -0.210. The van der Waals surface area contributed by atoms with Crippen LogP contribution in [0.4, 0.5) is 13.2 Å². The van der Waals surface area contributed by atoms with E-state index in [-0.39, 0.29) is 20.6 Å². The maximum absolute atomic E-state index is 12.3. The molecule has 2 nitrogen and oxygen atoms in total. The normalized spacial score (nSPS) is 15.8. The molecule has 96 valence electrons. The zero-order valence-corrected chi connectivity index (χ0v) is 10.4. The molecule has 0 heterocycles. The molecule has 0 saturated carbocycles. The molecule has 0 saturated heterocycles. The van der Waals surface area contributed by atoms with Crippen LogP contribution in [0.2, 0.25) is 15.1 Å². The van der Waals surface area contributed by atoms with E-state index in [1.54, 1.807) is 0 Å². The Morgan fingerprint density at radius 3 is 2.18 bits per heavy atom. The van der Waals surface area contributed by atoms with Gasteiger partial charge >= 0.3 is 6.18 Å².